The van der Waals surface area contributed by atoms with Crippen LogP contribution in [-0.2, 0) is 9.53 Å². The summed E-state index contributed by atoms with van der Waals surface area (Å²) in [5.41, 5.74) is 0.186. The van der Waals surface area contributed by atoms with Crippen molar-refractivity contribution < 1.29 is 14.3 Å². The van der Waals surface area contributed by atoms with Crippen LogP contribution in [0.15, 0.2) is 12.4 Å². The van der Waals surface area contributed by atoms with Crippen molar-refractivity contribution in [3.8, 4) is 5.88 Å². The number of hydrogen-bond acceptors (Lipinski definition) is 6. The van der Waals surface area contributed by atoms with Crippen molar-refractivity contribution in [3.63, 3.8) is 0 Å². The molecule has 4 heterocycles. The van der Waals surface area contributed by atoms with E-state index in [1.165, 1.54) is 6.42 Å². The molecule has 2 unspecified atom stereocenters. The first kappa shape index (κ1) is 16.6. The van der Waals surface area contributed by atoms with Gasteiger partial charge in [-0.1, -0.05) is 0 Å². The number of amides is 1. The minimum Gasteiger partial charge on any atom is -0.481 e. The monoisotopic (exact) mass is 346 g/mol. The zero-order valence-corrected chi connectivity index (χ0v) is 14.8. The maximum Gasteiger partial charge on any atom is 0.228 e. The van der Waals surface area contributed by atoms with Crippen molar-refractivity contribution in [3.05, 3.63) is 12.4 Å². The average molecular weight is 346 g/mol. The highest BCUT2D eigenvalue weighted by Crippen LogP contribution is 2.40. The van der Waals surface area contributed by atoms with E-state index >= 15 is 0 Å². The van der Waals surface area contributed by atoms with Gasteiger partial charge in [0.05, 0.1) is 19.6 Å². The van der Waals surface area contributed by atoms with Crippen LogP contribution in [0, 0.1) is 11.3 Å². The Morgan fingerprint density at radius 1 is 1.32 bits per heavy atom. The number of rotatable bonds is 3. The lowest BCUT2D eigenvalue weighted by Crippen LogP contribution is -2.46. The molecular weight excluding hydrogens is 320 g/mol. The first-order valence-electron chi connectivity index (χ1n) is 9.17. The SMILES string of the molecule is COc1cc(N2CCCC3(CCN(C(=O)C4CCOC4)C3)C2)ncn1. The molecule has 1 aromatic heterocycles. The van der Waals surface area contributed by atoms with Crippen LogP contribution in [0.1, 0.15) is 25.7 Å². The number of ether oxygens (including phenoxy) is 2. The quantitative estimate of drug-likeness (QED) is 0.823. The van der Waals surface area contributed by atoms with E-state index in [-0.39, 0.29) is 17.2 Å². The van der Waals surface area contributed by atoms with Crippen LogP contribution < -0.4 is 9.64 Å². The number of aromatic nitrogens is 2. The fourth-order valence-corrected chi connectivity index (χ4v) is 4.46. The number of hydrogen-bond donors (Lipinski definition) is 0. The molecular formula is C18H26N4O3. The van der Waals surface area contributed by atoms with Crippen LogP contribution in [0.25, 0.3) is 0 Å². The number of methoxy groups -OCH3 is 1. The molecule has 1 aromatic rings. The van der Waals surface area contributed by atoms with Gasteiger partial charge in [0.25, 0.3) is 0 Å². The molecule has 0 aromatic carbocycles. The minimum atomic E-state index is 0.0703. The maximum atomic E-state index is 12.7. The van der Waals surface area contributed by atoms with Gasteiger partial charge in [-0.25, -0.2) is 9.97 Å². The van der Waals surface area contributed by atoms with Crippen molar-refractivity contribution in [2.75, 3.05) is 51.4 Å². The van der Waals surface area contributed by atoms with E-state index < -0.39 is 0 Å². The first-order chi connectivity index (χ1) is 12.2. The molecule has 3 aliphatic rings. The number of anilines is 1. The van der Waals surface area contributed by atoms with E-state index in [0.717, 1.165) is 57.9 Å². The lowest BCUT2D eigenvalue weighted by molar-refractivity contribution is -0.134. The van der Waals surface area contributed by atoms with Crippen molar-refractivity contribution in [1.29, 1.82) is 0 Å². The first-order valence-corrected chi connectivity index (χ1v) is 9.17. The molecule has 1 spiro atoms. The van der Waals surface area contributed by atoms with Crippen molar-refractivity contribution in [2.24, 2.45) is 11.3 Å². The van der Waals surface area contributed by atoms with Gasteiger partial charge in [-0.2, -0.15) is 0 Å². The van der Waals surface area contributed by atoms with Gasteiger partial charge in [0.1, 0.15) is 12.1 Å². The standard InChI is InChI=1S/C18H26N4O3/c1-24-16-9-15(19-13-20-16)21-6-2-4-18(11-21)5-7-22(12-18)17(23)14-3-8-25-10-14/h9,13-14H,2-8,10-12H2,1H3. The molecule has 2 atom stereocenters. The fraction of sp³-hybridized carbons (Fsp3) is 0.722. The Morgan fingerprint density at radius 2 is 2.24 bits per heavy atom. The summed E-state index contributed by atoms with van der Waals surface area (Å²) in [6, 6.07) is 1.90. The van der Waals surface area contributed by atoms with Crippen LogP contribution in [0.5, 0.6) is 5.88 Å². The highest BCUT2D eigenvalue weighted by atomic mass is 16.5. The van der Waals surface area contributed by atoms with Crippen LogP contribution in [0.2, 0.25) is 0 Å². The van der Waals surface area contributed by atoms with E-state index in [0.29, 0.717) is 12.5 Å². The van der Waals surface area contributed by atoms with Crippen LogP contribution >= 0.6 is 0 Å². The summed E-state index contributed by atoms with van der Waals surface area (Å²) in [7, 11) is 1.62. The molecule has 3 fully saturated rings. The second-order valence-electron chi connectivity index (χ2n) is 7.51. The van der Waals surface area contributed by atoms with Crippen LogP contribution in [0.4, 0.5) is 5.82 Å². The van der Waals surface area contributed by atoms with Crippen LogP contribution in [0.3, 0.4) is 0 Å². The van der Waals surface area contributed by atoms with Gasteiger partial charge < -0.3 is 19.3 Å². The maximum absolute atomic E-state index is 12.7. The average Bonchev–Trinajstić information content (AvgIpc) is 3.32. The van der Waals surface area contributed by atoms with E-state index in [9.17, 15) is 4.79 Å². The Bertz CT molecular complexity index is 635. The zero-order chi connectivity index (χ0) is 17.3. The normalized spacial score (nSPS) is 29.4. The molecule has 0 N–H and O–H groups in total. The van der Waals surface area contributed by atoms with Crippen molar-refractivity contribution >= 4 is 11.7 Å². The van der Waals surface area contributed by atoms with E-state index in [1.54, 1.807) is 13.4 Å². The third-order valence-electron chi connectivity index (χ3n) is 5.85. The Kier molecular flexibility index (Phi) is 4.50. The molecule has 7 heteroatoms. The molecule has 0 saturated carbocycles. The summed E-state index contributed by atoms with van der Waals surface area (Å²) in [5.74, 6) is 1.87. The van der Waals surface area contributed by atoms with Gasteiger partial charge in [0, 0.05) is 44.3 Å². The molecule has 7 nitrogen and oxygen atoms in total. The summed E-state index contributed by atoms with van der Waals surface area (Å²) in [4.78, 5) is 25.6. The summed E-state index contributed by atoms with van der Waals surface area (Å²) in [6.45, 7) is 4.98. The predicted molar refractivity (Wildman–Crippen MR) is 92.6 cm³/mol. The predicted octanol–water partition coefficient (Wildman–Crippen LogP) is 1.34. The highest BCUT2D eigenvalue weighted by molar-refractivity contribution is 5.79. The number of likely N-dealkylation sites (tertiary alicyclic amines) is 1. The van der Waals surface area contributed by atoms with E-state index in [1.807, 2.05) is 6.07 Å². The van der Waals surface area contributed by atoms with Gasteiger partial charge in [-0.15, -0.1) is 0 Å². The Morgan fingerprint density at radius 3 is 3.04 bits per heavy atom. The molecule has 0 bridgehead atoms. The third-order valence-corrected chi connectivity index (χ3v) is 5.85. The third kappa shape index (κ3) is 3.29. The van der Waals surface area contributed by atoms with Crippen molar-refractivity contribution in [2.45, 2.75) is 25.7 Å². The Labute approximate surface area is 148 Å². The van der Waals surface area contributed by atoms with E-state index in [2.05, 4.69) is 19.8 Å². The zero-order valence-electron chi connectivity index (χ0n) is 14.8. The number of nitrogens with zero attached hydrogens (tertiary/aromatic N) is 4. The lowest BCUT2D eigenvalue weighted by atomic mass is 9.79. The molecule has 0 aliphatic carbocycles. The molecule has 1 amide bonds. The smallest absolute Gasteiger partial charge is 0.228 e. The summed E-state index contributed by atoms with van der Waals surface area (Å²) < 4.78 is 10.6. The summed E-state index contributed by atoms with van der Waals surface area (Å²) in [5, 5.41) is 0. The van der Waals surface area contributed by atoms with Gasteiger partial charge >= 0.3 is 0 Å². The Hall–Kier alpha value is -1.89. The number of carbonyl (C=O) groups excluding carboxylic acids is 1. The highest BCUT2D eigenvalue weighted by Gasteiger charge is 2.44. The Balaban J connectivity index is 1.44. The molecule has 0 radical (unpaired) electrons. The molecule has 136 valence electrons. The van der Waals surface area contributed by atoms with Gasteiger partial charge in [0.2, 0.25) is 11.8 Å². The van der Waals surface area contributed by atoms with Crippen molar-refractivity contribution in [1.82, 2.24) is 14.9 Å². The van der Waals surface area contributed by atoms with Gasteiger partial charge in [0.15, 0.2) is 0 Å². The second kappa shape index (κ2) is 6.78. The van der Waals surface area contributed by atoms with Gasteiger partial charge in [-0.3, -0.25) is 4.79 Å². The van der Waals surface area contributed by atoms with Crippen LogP contribution in [-0.4, -0.2) is 67.3 Å². The van der Waals surface area contributed by atoms with E-state index in [4.69, 9.17) is 9.47 Å². The lowest BCUT2D eigenvalue weighted by Gasteiger charge is -2.41. The largest absolute Gasteiger partial charge is 0.481 e. The second-order valence-corrected chi connectivity index (χ2v) is 7.51. The number of piperidine rings is 1. The van der Waals surface area contributed by atoms with Gasteiger partial charge in [-0.05, 0) is 25.7 Å². The summed E-state index contributed by atoms with van der Waals surface area (Å²) >= 11 is 0. The topological polar surface area (TPSA) is 67.8 Å². The molecule has 3 saturated heterocycles. The molecule has 4 rings (SSSR count). The number of carbonyl (C=O) groups is 1. The summed E-state index contributed by atoms with van der Waals surface area (Å²) in [6.07, 6.45) is 5.80. The minimum absolute atomic E-state index is 0.0703. The molecule has 25 heavy (non-hydrogen) atoms. The molecule has 3 aliphatic heterocycles. The fourth-order valence-electron chi connectivity index (χ4n) is 4.46.